The number of amides is 1. The molecular formula is C38H36F2N8O2. The third-order valence-electron chi connectivity index (χ3n) is 8.74. The maximum atomic E-state index is 14.3. The second-order valence-corrected chi connectivity index (χ2v) is 12.0. The summed E-state index contributed by atoms with van der Waals surface area (Å²) in [6, 6.07) is 23.7. The van der Waals surface area contributed by atoms with Gasteiger partial charge in [0.15, 0.2) is 0 Å². The highest BCUT2D eigenvalue weighted by atomic mass is 19.1. The van der Waals surface area contributed by atoms with Crippen molar-refractivity contribution in [3.8, 4) is 28.4 Å². The molecule has 1 saturated heterocycles. The predicted molar refractivity (Wildman–Crippen MR) is 191 cm³/mol. The molecule has 0 atom stereocenters. The minimum absolute atomic E-state index is 0.205. The molecule has 50 heavy (non-hydrogen) atoms. The summed E-state index contributed by atoms with van der Waals surface area (Å²) >= 11 is 0. The van der Waals surface area contributed by atoms with E-state index in [0.29, 0.717) is 40.0 Å². The maximum absolute atomic E-state index is 14.3. The summed E-state index contributed by atoms with van der Waals surface area (Å²) in [5.41, 5.74) is 4.63. The van der Waals surface area contributed by atoms with E-state index in [1.165, 1.54) is 6.07 Å². The van der Waals surface area contributed by atoms with Gasteiger partial charge in [-0.2, -0.15) is 0 Å². The highest BCUT2D eigenvalue weighted by molar-refractivity contribution is 6.05. The number of anilines is 4. The maximum Gasteiger partial charge on any atom is 0.255 e. The van der Waals surface area contributed by atoms with E-state index in [-0.39, 0.29) is 5.56 Å². The van der Waals surface area contributed by atoms with Crippen LogP contribution in [-0.2, 0) is 0 Å². The molecule has 0 bridgehead atoms. The van der Waals surface area contributed by atoms with E-state index in [0.717, 1.165) is 62.7 Å². The van der Waals surface area contributed by atoms with Crippen molar-refractivity contribution in [2.75, 3.05) is 55.4 Å². The number of methoxy groups -OCH3 is 1. The molecule has 1 amide bonds. The number of carbonyl (C=O) groups is 1. The number of carbonyl (C=O) groups excluding carboxylic acids is 1. The molecule has 1 aliphatic heterocycles. The number of nitrogens with zero attached hydrogens (tertiary/aromatic N) is 6. The first kappa shape index (κ1) is 32.7. The van der Waals surface area contributed by atoms with Gasteiger partial charge in [-0.15, -0.1) is 0 Å². The Morgan fingerprint density at radius 3 is 2.48 bits per heavy atom. The summed E-state index contributed by atoms with van der Waals surface area (Å²) in [7, 11) is 1.65. The number of fused-ring (bicyclic) bond motifs is 1. The fourth-order valence-electron chi connectivity index (χ4n) is 6.25. The average molecular weight is 675 g/mol. The van der Waals surface area contributed by atoms with E-state index in [9.17, 15) is 13.6 Å². The highest BCUT2D eigenvalue weighted by Gasteiger charge is 2.21. The Kier molecular flexibility index (Phi) is 9.35. The van der Waals surface area contributed by atoms with Crippen LogP contribution in [0.25, 0.3) is 28.3 Å². The van der Waals surface area contributed by atoms with Crippen LogP contribution < -0.4 is 20.3 Å². The van der Waals surface area contributed by atoms with Crippen LogP contribution in [0.15, 0.2) is 97.3 Å². The van der Waals surface area contributed by atoms with Gasteiger partial charge >= 0.3 is 0 Å². The molecule has 0 saturated carbocycles. The van der Waals surface area contributed by atoms with E-state index in [1.807, 2.05) is 47.0 Å². The number of piperazine rings is 1. The number of hydrogen-bond donors (Lipinski definition) is 2. The van der Waals surface area contributed by atoms with Gasteiger partial charge in [0.05, 0.1) is 29.9 Å². The lowest BCUT2D eigenvalue weighted by Gasteiger charge is -2.36. The second kappa shape index (κ2) is 14.3. The molecule has 0 radical (unpaired) electrons. The normalized spacial score (nSPS) is 13.4. The minimum Gasteiger partial charge on any atom is -0.494 e. The van der Waals surface area contributed by atoms with E-state index in [2.05, 4.69) is 38.4 Å². The van der Waals surface area contributed by atoms with E-state index < -0.39 is 23.2 Å². The van der Waals surface area contributed by atoms with E-state index in [4.69, 9.17) is 14.7 Å². The number of rotatable bonds is 10. The molecule has 0 spiro atoms. The van der Waals surface area contributed by atoms with Gasteiger partial charge in [-0.25, -0.2) is 23.7 Å². The molecule has 254 valence electrons. The molecule has 3 aromatic heterocycles. The lowest BCUT2D eigenvalue weighted by atomic mass is 10.0. The number of benzene rings is 3. The molecule has 4 heterocycles. The van der Waals surface area contributed by atoms with Crippen molar-refractivity contribution in [1.29, 1.82) is 0 Å². The van der Waals surface area contributed by atoms with E-state index in [1.54, 1.807) is 37.6 Å². The molecule has 7 rings (SSSR count). The first-order chi connectivity index (χ1) is 24.4. The second-order valence-electron chi connectivity index (χ2n) is 12.0. The summed E-state index contributed by atoms with van der Waals surface area (Å²) in [5.74, 6) is -1.35. The smallest absolute Gasteiger partial charge is 0.255 e. The summed E-state index contributed by atoms with van der Waals surface area (Å²) in [6.07, 6.45) is 4.71. The molecular weight excluding hydrogens is 638 g/mol. The van der Waals surface area contributed by atoms with Crippen molar-refractivity contribution >= 4 is 34.6 Å². The standard InChI is InChI=1S/C38H36F2N8O2/c1-3-17-46-19-21-47(22-20-46)27-13-14-30(32(24-27)50-2)42-38-41-16-15-31(43-38)36-34(44-33-12-4-5-18-48(33)36)25-8-6-9-26(23-25)37(49)45-35-28(39)10-7-11-29(35)40/h4-16,18,23-24H,3,17,19-22H2,1-2H3,(H,45,49)(H,41,42,43). The number of nitrogens with one attached hydrogen (secondary N) is 2. The first-order valence-corrected chi connectivity index (χ1v) is 16.5. The zero-order chi connectivity index (χ0) is 34.6. The largest absolute Gasteiger partial charge is 0.494 e. The third kappa shape index (κ3) is 6.70. The molecule has 6 aromatic rings. The number of para-hydroxylation sites is 1. The molecule has 10 nitrogen and oxygen atoms in total. The molecule has 1 aliphatic rings. The number of ether oxygens (including phenoxy) is 1. The van der Waals surface area contributed by atoms with Crippen molar-refractivity contribution in [3.63, 3.8) is 0 Å². The quantitative estimate of drug-likeness (QED) is 0.157. The van der Waals surface area contributed by atoms with Gasteiger partial charge in [0.2, 0.25) is 5.95 Å². The predicted octanol–water partition coefficient (Wildman–Crippen LogP) is 7.27. The molecule has 0 aliphatic carbocycles. The van der Waals surface area contributed by atoms with Gasteiger partial charge in [-0.05, 0) is 67.6 Å². The monoisotopic (exact) mass is 674 g/mol. The average Bonchev–Trinajstić information content (AvgIpc) is 3.54. The van der Waals surface area contributed by atoms with Gasteiger partial charge in [-0.3, -0.25) is 14.1 Å². The number of pyridine rings is 1. The fraction of sp³-hybridized carbons (Fsp3) is 0.211. The lowest BCUT2D eigenvalue weighted by Crippen LogP contribution is -2.46. The van der Waals surface area contributed by atoms with Gasteiger partial charge in [0.1, 0.15) is 28.7 Å². The topological polar surface area (TPSA) is 99.9 Å². The van der Waals surface area contributed by atoms with Crippen LogP contribution in [0, 0.1) is 11.6 Å². The Labute approximate surface area is 288 Å². The van der Waals surface area contributed by atoms with Crippen LogP contribution in [0.1, 0.15) is 23.7 Å². The molecule has 3 aromatic carbocycles. The van der Waals surface area contributed by atoms with Crippen LogP contribution in [0.4, 0.5) is 31.8 Å². The van der Waals surface area contributed by atoms with Crippen LogP contribution in [0.3, 0.4) is 0 Å². The van der Waals surface area contributed by atoms with Crippen molar-refractivity contribution in [1.82, 2.24) is 24.3 Å². The zero-order valence-electron chi connectivity index (χ0n) is 27.7. The number of aromatic nitrogens is 4. The van der Waals surface area contributed by atoms with E-state index >= 15 is 0 Å². The lowest BCUT2D eigenvalue weighted by molar-refractivity contribution is 0.102. The molecule has 2 N–H and O–H groups in total. The van der Waals surface area contributed by atoms with Crippen LogP contribution in [0.5, 0.6) is 5.75 Å². The molecule has 1 fully saturated rings. The number of imidazole rings is 1. The Morgan fingerprint density at radius 2 is 1.70 bits per heavy atom. The van der Waals surface area contributed by atoms with Crippen molar-refractivity contribution < 1.29 is 18.3 Å². The number of hydrogen-bond acceptors (Lipinski definition) is 8. The van der Waals surface area contributed by atoms with Crippen molar-refractivity contribution in [2.45, 2.75) is 13.3 Å². The minimum atomic E-state index is -0.861. The van der Waals surface area contributed by atoms with Gasteiger partial charge < -0.3 is 20.3 Å². The van der Waals surface area contributed by atoms with Crippen LogP contribution >= 0.6 is 0 Å². The summed E-state index contributed by atoms with van der Waals surface area (Å²) in [6.45, 7) is 7.32. The van der Waals surface area contributed by atoms with Crippen molar-refractivity contribution in [3.05, 3.63) is 115 Å². The SMILES string of the molecule is CCCN1CCN(c2ccc(Nc3nccc(-c4c(-c5cccc(C(=O)Nc6c(F)cccc6F)c5)nc5ccccn45)n3)c(OC)c2)CC1. The van der Waals surface area contributed by atoms with Gasteiger partial charge in [0, 0.05) is 61.5 Å². The Hall–Kier alpha value is -5.88. The third-order valence-corrected chi connectivity index (χ3v) is 8.74. The highest BCUT2D eigenvalue weighted by Crippen LogP contribution is 2.35. The zero-order valence-corrected chi connectivity index (χ0v) is 27.7. The van der Waals surface area contributed by atoms with Crippen molar-refractivity contribution in [2.24, 2.45) is 0 Å². The fourth-order valence-corrected chi connectivity index (χ4v) is 6.25. The summed E-state index contributed by atoms with van der Waals surface area (Å²) in [5, 5.41) is 5.68. The van der Waals surface area contributed by atoms with Gasteiger partial charge in [0.25, 0.3) is 5.91 Å². The number of halogens is 2. The Bertz CT molecular complexity index is 2140. The molecule has 12 heteroatoms. The summed E-state index contributed by atoms with van der Waals surface area (Å²) < 4.78 is 36.2. The van der Waals surface area contributed by atoms with Crippen LogP contribution in [0.2, 0.25) is 0 Å². The first-order valence-electron chi connectivity index (χ1n) is 16.5. The van der Waals surface area contributed by atoms with Gasteiger partial charge in [-0.1, -0.05) is 31.2 Å². The Balaban J connectivity index is 1.18. The Morgan fingerprint density at radius 1 is 0.900 bits per heavy atom. The molecule has 0 unspecified atom stereocenters. The summed E-state index contributed by atoms with van der Waals surface area (Å²) in [4.78, 5) is 32.3. The van der Waals surface area contributed by atoms with Crippen LogP contribution in [-0.4, -0.2) is 70.0 Å².